The Morgan fingerprint density at radius 2 is 2.10 bits per heavy atom. The summed E-state index contributed by atoms with van der Waals surface area (Å²) in [6.45, 7) is 0. The summed E-state index contributed by atoms with van der Waals surface area (Å²) in [7, 11) is -3.16. The van der Waals surface area contributed by atoms with Crippen molar-refractivity contribution in [3.8, 4) is 0 Å². The van der Waals surface area contributed by atoms with Gasteiger partial charge in [0.15, 0.2) is 0 Å². The molecule has 0 aliphatic heterocycles. The highest BCUT2D eigenvalue weighted by Gasteiger charge is 2.14. The first kappa shape index (κ1) is 15.4. The van der Waals surface area contributed by atoms with Crippen LogP contribution in [0.4, 0.5) is 10.6 Å². The number of methoxy groups -OCH3 is 1. The van der Waals surface area contributed by atoms with Crippen molar-refractivity contribution in [2.24, 2.45) is 0 Å². The third-order valence-corrected chi connectivity index (χ3v) is 2.72. The van der Waals surface area contributed by atoms with Gasteiger partial charge in [-0.2, -0.15) is 8.42 Å². The van der Waals surface area contributed by atoms with E-state index in [2.05, 4.69) is 9.72 Å². The van der Waals surface area contributed by atoms with Gasteiger partial charge in [0, 0.05) is 6.08 Å². The van der Waals surface area contributed by atoms with Crippen molar-refractivity contribution in [1.29, 1.82) is 0 Å². The van der Waals surface area contributed by atoms with Gasteiger partial charge in [-0.25, -0.2) is 19.3 Å². The van der Waals surface area contributed by atoms with Gasteiger partial charge in [0.1, 0.15) is 5.82 Å². The number of nitrogens with zero attached hydrogens (tertiary/aromatic N) is 1. The van der Waals surface area contributed by atoms with Crippen molar-refractivity contribution in [3.63, 3.8) is 0 Å². The van der Waals surface area contributed by atoms with Gasteiger partial charge in [0.05, 0.1) is 12.8 Å². The zero-order chi connectivity index (χ0) is 15.2. The predicted octanol–water partition coefficient (Wildman–Crippen LogP) is 0.192. The lowest BCUT2D eigenvalue weighted by Gasteiger charge is -2.07. The number of hydrogen-bond donors (Lipinski definition) is 3. The second-order valence-corrected chi connectivity index (χ2v) is 4.73. The fraction of sp³-hybridized carbons (Fsp3) is 0.100. The van der Waals surface area contributed by atoms with E-state index in [4.69, 9.17) is 5.11 Å². The van der Waals surface area contributed by atoms with E-state index < -0.39 is 22.3 Å². The molecule has 0 atom stereocenters. The number of hydrogen-bond acceptors (Lipinski definition) is 6. The largest absolute Gasteiger partial charge is 0.478 e. The molecule has 1 rings (SSSR count). The average molecular weight is 301 g/mol. The first-order valence-corrected chi connectivity index (χ1v) is 6.57. The predicted molar refractivity (Wildman–Crippen MR) is 69.0 cm³/mol. The molecule has 0 unspecified atom stereocenters. The van der Waals surface area contributed by atoms with Crippen molar-refractivity contribution < 1.29 is 27.9 Å². The van der Waals surface area contributed by atoms with Crippen LogP contribution in [-0.4, -0.2) is 37.7 Å². The van der Waals surface area contributed by atoms with Crippen LogP contribution in [-0.2, 0) is 19.7 Å². The van der Waals surface area contributed by atoms with E-state index in [0.717, 1.165) is 13.2 Å². The Bertz CT molecular complexity index is 640. The molecular formula is C10H11N3O6S. The van der Waals surface area contributed by atoms with Crippen LogP contribution >= 0.6 is 0 Å². The van der Waals surface area contributed by atoms with E-state index in [0.29, 0.717) is 0 Å². The normalized spacial score (nSPS) is 11.1. The zero-order valence-electron chi connectivity index (χ0n) is 10.2. The van der Waals surface area contributed by atoms with E-state index in [1.165, 1.54) is 24.3 Å². The number of carbonyl (C=O) groups is 2. The lowest BCUT2D eigenvalue weighted by atomic mass is 10.3. The molecule has 0 fully saturated rings. The van der Waals surface area contributed by atoms with Crippen LogP contribution < -0.4 is 9.44 Å². The van der Waals surface area contributed by atoms with Crippen molar-refractivity contribution in [3.05, 3.63) is 30.0 Å². The highest BCUT2D eigenvalue weighted by molar-refractivity contribution is 7.91. The molecule has 0 bridgehead atoms. The molecule has 1 aromatic rings. The standard InChI is InChI=1S/C10H11N3O6S/c1-19-10(16)13-20(17,18)12-8-4-2-3-7(11-8)5-6-9(14)15/h2-6H,1H3,(H,11,12)(H,13,16)(H,14,15)/b6-5+. The summed E-state index contributed by atoms with van der Waals surface area (Å²) in [5.74, 6) is -1.25. The Balaban J connectivity index is 2.85. The lowest BCUT2D eigenvalue weighted by molar-refractivity contribution is -0.131. The SMILES string of the molecule is COC(=O)NS(=O)(=O)Nc1cccc(/C=C/C(=O)O)n1. The Hall–Kier alpha value is -2.62. The maximum atomic E-state index is 11.5. The van der Waals surface area contributed by atoms with Crippen molar-refractivity contribution in [1.82, 2.24) is 9.71 Å². The van der Waals surface area contributed by atoms with Crippen LogP contribution in [0.5, 0.6) is 0 Å². The van der Waals surface area contributed by atoms with Crippen molar-refractivity contribution in [2.75, 3.05) is 11.8 Å². The molecule has 0 saturated heterocycles. The van der Waals surface area contributed by atoms with Gasteiger partial charge in [-0.15, -0.1) is 0 Å². The fourth-order valence-corrected chi connectivity index (χ4v) is 1.82. The number of rotatable bonds is 5. The minimum atomic E-state index is -4.17. The fourth-order valence-electron chi connectivity index (χ4n) is 1.07. The van der Waals surface area contributed by atoms with Gasteiger partial charge in [0.2, 0.25) is 0 Å². The molecule has 0 spiro atoms. The summed E-state index contributed by atoms with van der Waals surface area (Å²) in [5.41, 5.74) is 0.227. The van der Waals surface area contributed by atoms with Crippen LogP contribution in [0.1, 0.15) is 5.69 Å². The number of nitrogens with one attached hydrogen (secondary N) is 2. The number of aliphatic carboxylic acids is 1. The first-order chi connectivity index (χ1) is 9.32. The summed E-state index contributed by atoms with van der Waals surface area (Å²) >= 11 is 0. The Labute approximate surface area is 114 Å². The van der Waals surface area contributed by atoms with E-state index in [-0.39, 0.29) is 11.5 Å². The smallest absolute Gasteiger partial charge is 0.422 e. The number of pyridine rings is 1. The molecule has 1 heterocycles. The number of aromatic nitrogens is 1. The van der Waals surface area contributed by atoms with Gasteiger partial charge in [-0.3, -0.25) is 4.72 Å². The number of anilines is 1. The van der Waals surface area contributed by atoms with Crippen LogP contribution in [0.15, 0.2) is 24.3 Å². The molecule has 108 valence electrons. The molecule has 0 aliphatic carbocycles. The molecule has 9 nitrogen and oxygen atoms in total. The third kappa shape index (κ3) is 5.35. The summed E-state index contributed by atoms with van der Waals surface area (Å²) in [4.78, 5) is 25.0. The molecule has 20 heavy (non-hydrogen) atoms. The number of carbonyl (C=O) groups excluding carboxylic acids is 1. The quantitative estimate of drug-likeness (QED) is 0.661. The lowest BCUT2D eigenvalue weighted by Crippen LogP contribution is -2.35. The van der Waals surface area contributed by atoms with Gasteiger partial charge < -0.3 is 9.84 Å². The van der Waals surface area contributed by atoms with Crippen LogP contribution in [0.2, 0.25) is 0 Å². The van der Waals surface area contributed by atoms with Gasteiger partial charge in [-0.05, 0) is 18.2 Å². The van der Waals surface area contributed by atoms with E-state index in [9.17, 15) is 18.0 Å². The molecule has 0 radical (unpaired) electrons. The Morgan fingerprint density at radius 1 is 1.40 bits per heavy atom. The minimum Gasteiger partial charge on any atom is -0.478 e. The van der Waals surface area contributed by atoms with Gasteiger partial charge >= 0.3 is 22.3 Å². The summed E-state index contributed by atoms with van der Waals surface area (Å²) in [6, 6.07) is 4.27. The molecule has 10 heteroatoms. The first-order valence-electron chi connectivity index (χ1n) is 5.09. The van der Waals surface area contributed by atoms with Gasteiger partial charge in [0.25, 0.3) is 0 Å². The molecule has 1 amide bonds. The minimum absolute atomic E-state index is 0.0889. The highest BCUT2D eigenvalue weighted by Crippen LogP contribution is 2.07. The second kappa shape index (κ2) is 6.52. The number of carboxylic acids is 1. The maximum absolute atomic E-state index is 11.5. The van der Waals surface area contributed by atoms with Crippen molar-refractivity contribution in [2.45, 2.75) is 0 Å². The number of ether oxygens (including phenoxy) is 1. The zero-order valence-corrected chi connectivity index (χ0v) is 11.0. The van der Waals surface area contributed by atoms with E-state index in [1.54, 1.807) is 4.72 Å². The molecule has 1 aromatic heterocycles. The summed E-state index contributed by atoms with van der Waals surface area (Å²) in [5, 5.41) is 8.47. The second-order valence-electron chi connectivity index (χ2n) is 3.32. The molecule has 0 aromatic carbocycles. The van der Waals surface area contributed by atoms with Crippen molar-refractivity contribution >= 4 is 34.2 Å². The molecule has 3 N–H and O–H groups in total. The average Bonchev–Trinajstić information content (AvgIpc) is 2.35. The Morgan fingerprint density at radius 3 is 2.70 bits per heavy atom. The summed E-state index contributed by atoms with van der Waals surface area (Å²) < 4.78 is 30.6. The Kier molecular flexibility index (Phi) is 5.03. The van der Waals surface area contributed by atoms with Crippen LogP contribution in [0.25, 0.3) is 6.08 Å². The monoisotopic (exact) mass is 301 g/mol. The van der Waals surface area contributed by atoms with E-state index >= 15 is 0 Å². The molecule has 0 saturated carbocycles. The van der Waals surface area contributed by atoms with Crippen LogP contribution in [0.3, 0.4) is 0 Å². The van der Waals surface area contributed by atoms with Crippen LogP contribution in [0, 0.1) is 0 Å². The summed E-state index contributed by atoms with van der Waals surface area (Å²) in [6.07, 6.45) is 0.890. The third-order valence-electron chi connectivity index (χ3n) is 1.81. The number of carboxylic acid groups (broad SMARTS) is 1. The topological polar surface area (TPSA) is 135 Å². The van der Waals surface area contributed by atoms with Gasteiger partial charge in [-0.1, -0.05) is 6.07 Å². The highest BCUT2D eigenvalue weighted by atomic mass is 32.2. The van der Waals surface area contributed by atoms with E-state index in [1.807, 2.05) is 4.72 Å². The number of amides is 1. The molecular weight excluding hydrogens is 290 g/mol. The maximum Gasteiger partial charge on any atom is 0.422 e. The molecule has 0 aliphatic rings.